The summed E-state index contributed by atoms with van der Waals surface area (Å²) < 4.78 is 23.9. The molecule has 0 aromatic heterocycles. The van der Waals surface area contributed by atoms with E-state index in [1.165, 1.54) is 12.1 Å². The lowest BCUT2D eigenvalue weighted by atomic mass is 10.2. The van der Waals surface area contributed by atoms with Crippen molar-refractivity contribution in [1.82, 2.24) is 4.41 Å². The number of nitro benzene ring substituents is 1. The summed E-state index contributed by atoms with van der Waals surface area (Å²) in [4.78, 5) is 9.71. The maximum absolute atomic E-state index is 11.7. The number of rotatable bonds is 3. The van der Waals surface area contributed by atoms with Crippen molar-refractivity contribution in [2.45, 2.75) is 11.8 Å². The lowest BCUT2D eigenvalue weighted by molar-refractivity contribution is -0.385. The first-order valence-corrected chi connectivity index (χ1v) is 5.69. The Hall–Kier alpha value is -1.22. The number of hydrazine groups is 1. The minimum Gasteiger partial charge on any atom is -0.258 e. The van der Waals surface area contributed by atoms with E-state index in [-0.39, 0.29) is 23.0 Å². The van der Waals surface area contributed by atoms with Crippen molar-refractivity contribution >= 4 is 28.1 Å². The van der Waals surface area contributed by atoms with Crippen LogP contribution in [0.4, 0.5) is 5.69 Å². The highest BCUT2D eigenvalue weighted by Crippen LogP contribution is 2.22. The highest BCUT2D eigenvalue weighted by Gasteiger charge is 2.22. The van der Waals surface area contributed by atoms with Crippen molar-refractivity contribution in [2.24, 2.45) is 5.84 Å². The Morgan fingerprint density at radius 3 is 2.35 bits per heavy atom. The van der Waals surface area contributed by atoms with Crippen LogP contribution in [0.25, 0.3) is 0 Å². The molecule has 96 valence electrons. The zero-order chi connectivity index (χ0) is 12.5. The highest BCUT2D eigenvalue weighted by molar-refractivity contribution is 7.89. The third kappa shape index (κ3) is 3.13. The Morgan fingerprint density at radius 2 is 1.94 bits per heavy atom. The molecule has 0 fully saturated rings. The molecular weight excluding hydrogens is 270 g/mol. The summed E-state index contributed by atoms with van der Waals surface area (Å²) in [5, 5.41) is 10.5. The van der Waals surface area contributed by atoms with Crippen LogP contribution in [0.3, 0.4) is 0 Å². The molecule has 0 atom stereocenters. The maximum atomic E-state index is 11.7. The van der Waals surface area contributed by atoms with Crippen LogP contribution in [0.5, 0.6) is 0 Å². The van der Waals surface area contributed by atoms with E-state index in [0.717, 1.165) is 13.1 Å². The van der Waals surface area contributed by atoms with Crippen molar-refractivity contribution in [3.63, 3.8) is 0 Å². The monoisotopic (exact) mass is 281 g/mol. The third-order valence-corrected chi connectivity index (χ3v) is 3.79. The number of nitrogens with two attached hydrogens (primary N) is 1. The van der Waals surface area contributed by atoms with Crippen molar-refractivity contribution in [1.29, 1.82) is 0 Å². The lowest BCUT2D eigenvalue weighted by Gasteiger charge is -2.12. The van der Waals surface area contributed by atoms with Crippen LogP contribution in [0, 0.1) is 17.0 Å². The van der Waals surface area contributed by atoms with Gasteiger partial charge in [-0.1, -0.05) is 6.07 Å². The summed E-state index contributed by atoms with van der Waals surface area (Å²) in [6.07, 6.45) is 0. The molecule has 0 aliphatic carbocycles. The SMILES string of the molecule is Cc1ccc([N+](=O)[O-])cc1S(=O)(=O)N(C)N.Cl. The molecule has 0 saturated heterocycles. The minimum atomic E-state index is -3.86. The largest absolute Gasteiger partial charge is 0.270 e. The Bertz CT molecular complexity index is 530. The van der Waals surface area contributed by atoms with Crippen molar-refractivity contribution < 1.29 is 13.3 Å². The van der Waals surface area contributed by atoms with E-state index in [0.29, 0.717) is 9.98 Å². The molecule has 1 aromatic rings. The van der Waals surface area contributed by atoms with Crippen LogP contribution < -0.4 is 5.84 Å². The van der Waals surface area contributed by atoms with Crippen LogP contribution in [0.1, 0.15) is 5.56 Å². The van der Waals surface area contributed by atoms with E-state index in [9.17, 15) is 18.5 Å². The van der Waals surface area contributed by atoms with Crippen LogP contribution in [-0.2, 0) is 10.0 Å². The molecule has 2 N–H and O–H groups in total. The van der Waals surface area contributed by atoms with Gasteiger partial charge < -0.3 is 0 Å². The molecule has 0 heterocycles. The van der Waals surface area contributed by atoms with Gasteiger partial charge >= 0.3 is 0 Å². The quantitative estimate of drug-likeness (QED) is 0.501. The molecule has 1 rings (SSSR count). The number of non-ortho nitro benzene ring substituents is 1. The second-order valence-corrected chi connectivity index (χ2v) is 5.19. The molecule has 0 spiro atoms. The van der Waals surface area contributed by atoms with Crippen LogP contribution in [0.15, 0.2) is 23.1 Å². The summed E-state index contributed by atoms with van der Waals surface area (Å²) >= 11 is 0. The van der Waals surface area contributed by atoms with Gasteiger partial charge in [-0.05, 0) is 12.5 Å². The summed E-state index contributed by atoms with van der Waals surface area (Å²) in [5.41, 5.74) is 0.119. The van der Waals surface area contributed by atoms with Crippen LogP contribution in [-0.4, -0.2) is 24.8 Å². The standard InChI is InChI=1S/C8H11N3O4S.ClH/c1-6-3-4-7(11(12)13)5-8(6)16(14,15)10(2)9;/h3-5H,9H2,1-2H3;1H. The number of nitro groups is 1. The van der Waals surface area contributed by atoms with Gasteiger partial charge in [0, 0.05) is 19.2 Å². The normalized spacial score (nSPS) is 11.1. The molecule has 0 saturated carbocycles. The molecule has 7 nitrogen and oxygen atoms in total. The van der Waals surface area contributed by atoms with E-state index < -0.39 is 14.9 Å². The average Bonchev–Trinajstić information content (AvgIpc) is 2.17. The first kappa shape index (κ1) is 15.8. The van der Waals surface area contributed by atoms with Crippen LogP contribution in [0.2, 0.25) is 0 Å². The number of hydrogen-bond donors (Lipinski definition) is 1. The van der Waals surface area contributed by atoms with Crippen LogP contribution >= 0.6 is 12.4 Å². The number of nitrogens with zero attached hydrogens (tertiary/aromatic N) is 2. The summed E-state index contributed by atoms with van der Waals surface area (Å²) in [6, 6.07) is 3.60. The molecule has 0 radical (unpaired) electrons. The number of sulfonamides is 1. The Labute approximate surface area is 105 Å². The number of aryl methyl sites for hydroxylation is 1. The fourth-order valence-corrected chi connectivity index (χ4v) is 2.19. The van der Waals surface area contributed by atoms with Crippen molar-refractivity contribution in [3.8, 4) is 0 Å². The molecule has 17 heavy (non-hydrogen) atoms. The predicted molar refractivity (Wildman–Crippen MR) is 64.2 cm³/mol. The molecule has 9 heteroatoms. The molecule has 0 unspecified atom stereocenters. The van der Waals surface area contributed by atoms with Gasteiger partial charge in [-0.15, -0.1) is 16.8 Å². The lowest BCUT2D eigenvalue weighted by Crippen LogP contribution is -2.33. The van der Waals surface area contributed by atoms with E-state index in [1.54, 1.807) is 6.92 Å². The Balaban J connectivity index is 0.00000256. The predicted octanol–water partition coefficient (Wildman–Crippen LogP) is 0.819. The Morgan fingerprint density at radius 1 is 1.41 bits per heavy atom. The summed E-state index contributed by atoms with van der Waals surface area (Å²) in [6.45, 7) is 1.54. The van der Waals surface area contributed by atoms with Gasteiger partial charge in [0.1, 0.15) is 0 Å². The maximum Gasteiger partial charge on any atom is 0.270 e. The molecule has 0 aliphatic heterocycles. The van der Waals surface area contributed by atoms with Gasteiger partial charge in [-0.2, -0.15) is 0 Å². The minimum absolute atomic E-state index is 0. The zero-order valence-corrected chi connectivity index (χ0v) is 10.8. The molecule has 0 aliphatic rings. The van der Waals surface area contributed by atoms with Gasteiger partial charge in [0.15, 0.2) is 0 Å². The van der Waals surface area contributed by atoms with E-state index in [1.807, 2.05) is 0 Å². The number of hydrogen-bond acceptors (Lipinski definition) is 5. The summed E-state index contributed by atoms with van der Waals surface area (Å²) in [7, 11) is -2.70. The van der Waals surface area contributed by atoms with Gasteiger partial charge in [0.25, 0.3) is 15.7 Å². The molecule has 0 amide bonds. The third-order valence-electron chi connectivity index (χ3n) is 2.04. The smallest absolute Gasteiger partial charge is 0.258 e. The second-order valence-electron chi connectivity index (χ2n) is 3.23. The van der Waals surface area contributed by atoms with Gasteiger partial charge in [0.2, 0.25) is 0 Å². The zero-order valence-electron chi connectivity index (χ0n) is 9.15. The van der Waals surface area contributed by atoms with Crippen molar-refractivity contribution in [3.05, 3.63) is 33.9 Å². The molecule has 1 aromatic carbocycles. The van der Waals surface area contributed by atoms with E-state index in [4.69, 9.17) is 5.84 Å². The fraction of sp³-hybridized carbons (Fsp3) is 0.250. The average molecular weight is 282 g/mol. The molecule has 0 bridgehead atoms. The second kappa shape index (κ2) is 5.41. The first-order valence-electron chi connectivity index (χ1n) is 4.25. The number of benzene rings is 1. The van der Waals surface area contributed by atoms with E-state index >= 15 is 0 Å². The highest BCUT2D eigenvalue weighted by atomic mass is 35.5. The van der Waals surface area contributed by atoms with Gasteiger partial charge in [-0.25, -0.2) is 8.42 Å². The first-order chi connectivity index (χ1) is 7.26. The summed E-state index contributed by atoms with van der Waals surface area (Å²) in [5.74, 6) is 5.17. The topological polar surface area (TPSA) is 107 Å². The van der Waals surface area contributed by atoms with Gasteiger partial charge in [-0.3, -0.25) is 16.0 Å². The fourth-order valence-electron chi connectivity index (χ4n) is 1.14. The van der Waals surface area contributed by atoms with Gasteiger partial charge in [0.05, 0.1) is 9.82 Å². The Kier molecular flexibility index (Phi) is 5.02. The number of halogens is 1. The van der Waals surface area contributed by atoms with E-state index in [2.05, 4.69) is 0 Å². The molecular formula is C8H12ClN3O4S. The van der Waals surface area contributed by atoms with Crippen molar-refractivity contribution in [2.75, 3.05) is 7.05 Å².